The highest BCUT2D eigenvalue weighted by Crippen LogP contribution is 2.22. The van der Waals surface area contributed by atoms with Gasteiger partial charge in [-0.15, -0.1) is 0 Å². The number of ether oxygens (including phenoxy) is 1. The van der Waals surface area contributed by atoms with Crippen molar-refractivity contribution in [3.05, 3.63) is 60.2 Å². The molecular formula is C17H19N3O. The molecule has 2 N–H and O–H groups in total. The Hall–Kier alpha value is -2.33. The zero-order chi connectivity index (χ0) is 14.7. The number of nitrogens with zero attached hydrogens (tertiary/aromatic N) is 1. The van der Waals surface area contributed by atoms with E-state index in [4.69, 9.17) is 4.74 Å². The van der Waals surface area contributed by atoms with E-state index in [1.54, 1.807) is 13.3 Å². The van der Waals surface area contributed by atoms with Crippen LogP contribution in [0.2, 0.25) is 0 Å². The quantitative estimate of drug-likeness (QED) is 0.753. The maximum atomic E-state index is 5.25. The summed E-state index contributed by atoms with van der Waals surface area (Å²) >= 11 is 0. The van der Waals surface area contributed by atoms with Gasteiger partial charge in [0, 0.05) is 18.9 Å². The average Bonchev–Trinajstić information content (AvgIpc) is 3.06. The third-order valence-electron chi connectivity index (χ3n) is 3.65. The molecule has 21 heavy (non-hydrogen) atoms. The molecule has 0 aliphatic carbocycles. The Morgan fingerprint density at radius 2 is 2.00 bits per heavy atom. The SMILES string of the molecule is COc1ccc2cc(CNC(C)c3ncc[nH]3)ccc2c1. The molecule has 0 amide bonds. The van der Waals surface area contributed by atoms with Crippen molar-refractivity contribution in [3.8, 4) is 5.75 Å². The molecule has 0 saturated heterocycles. The van der Waals surface area contributed by atoms with Gasteiger partial charge in [0.25, 0.3) is 0 Å². The number of hydrogen-bond donors (Lipinski definition) is 2. The van der Waals surface area contributed by atoms with Gasteiger partial charge >= 0.3 is 0 Å². The number of benzene rings is 2. The number of hydrogen-bond acceptors (Lipinski definition) is 3. The molecule has 0 spiro atoms. The summed E-state index contributed by atoms with van der Waals surface area (Å²) in [6.07, 6.45) is 3.62. The van der Waals surface area contributed by atoms with Crippen LogP contribution in [0.4, 0.5) is 0 Å². The summed E-state index contributed by atoms with van der Waals surface area (Å²) in [6.45, 7) is 2.91. The second kappa shape index (κ2) is 5.97. The van der Waals surface area contributed by atoms with Crippen LogP contribution in [0, 0.1) is 0 Å². The second-order valence-corrected chi connectivity index (χ2v) is 5.12. The molecule has 1 atom stereocenters. The van der Waals surface area contributed by atoms with Gasteiger partial charge in [0.2, 0.25) is 0 Å². The normalized spacial score (nSPS) is 12.5. The number of methoxy groups -OCH3 is 1. The standard InChI is InChI=1S/C17H19N3O/c1-12(17-18-7-8-19-17)20-11-13-3-4-15-10-16(21-2)6-5-14(15)9-13/h3-10,12,20H,11H2,1-2H3,(H,18,19). The Balaban J connectivity index is 1.72. The maximum Gasteiger partial charge on any atom is 0.122 e. The van der Waals surface area contributed by atoms with Gasteiger partial charge in [-0.05, 0) is 41.5 Å². The van der Waals surface area contributed by atoms with Gasteiger partial charge in [-0.25, -0.2) is 4.98 Å². The van der Waals surface area contributed by atoms with Gasteiger partial charge in [0.15, 0.2) is 0 Å². The molecule has 0 radical (unpaired) electrons. The van der Waals surface area contributed by atoms with E-state index in [2.05, 4.69) is 52.5 Å². The van der Waals surface area contributed by atoms with Crippen molar-refractivity contribution in [2.75, 3.05) is 7.11 Å². The van der Waals surface area contributed by atoms with E-state index in [9.17, 15) is 0 Å². The lowest BCUT2D eigenvalue weighted by atomic mass is 10.1. The summed E-state index contributed by atoms with van der Waals surface area (Å²) in [7, 11) is 1.69. The van der Waals surface area contributed by atoms with Gasteiger partial charge in [0.1, 0.15) is 11.6 Å². The topological polar surface area (TPSA) is 49.9 Å². The summed E-state index contributed by atoms with van der Waals surface area (Å²) in [5.74, 6) is 1.85. The predicted molar refractivity (Wildman–Crippen MR) is 84.3 cm³/mol. The molecule has 2 aromatic carbocycles. The molecule has 0 aliphatic heterocycles. The highest BCUT2D eigenvalue weighted by atomic mass is 16.5. The molecule has 4 nitrogen and oxygen atoms in total. The van der Waals surface area contributed by atoms with Gasteiger partial charge in [-0.2, -0.15) is 0 Å². The average molecular weight is 281 g/mol. The molecule has 108 valence electrons. The lowest BCUT2D eigenvalue weighted by Gasteiger charge is -2.12. The van der Waals surface area contributed by atoms with E-state index in [0.29, 0.717) is 0 Å². The van der Waals surface area contributed by atoms with Crippen molar-refractivity contribution < 1.29 is 4.74 Å². The number of nitrogens with one attached hydrogen (secondary N) is 2. The molecule has 0 bridgehead atoms. The summed E-state index contributed by atoms with van der Waals surface area (Å²) < 4.78 is 5.25. The highest BCUT2D eigenvalue weighted by molar-refractivity contribution is 5.84. The predicted octanol–water partition coefficient (Wildman–Crippen LogP) is 3.42. The molecular weight excluding hydrogens is 262 g/mol. The number of rotatable bonds is 5. The molecule has 0 fully saturated rings. The molecule has 3 aromatic rings. The molecule has 3 rings (SSSR count). The van der Waals surface area contributed by atoms with Gasteiger partial charge in [-0.3, -0.25) is 0 Å². The lowest BCUT2D eigenvalue weighted by Crippen LogP contribution is -2.19. The molecule has 1 unspecified atom stereocenters. The minimum atomic E-state index is 0.201. The van der Waals surface area contributed by atoms with Crippen molar-refractivity contribution in [3.63, 3.8) is 0 Å². The minimum Gasteiger partial charge on any atom is -0.497 e. The molecule has 1 heterocycles. The number of aromatic amines is 1. The van der Waals surface area contributed by atoms with Crippen LogP contribution in [0.1, 0.15) is 24.4 Å². The minimum absolute atomic E-state index is 0.201. The van der Waals surface area contributed by atoms with Gasteiger partial charge in [0.05, 0.1) is 13.2 Å². The monoisotopic (exact) mass is 281 g/mol. The van der Waals surface area contributed by atoms with Crippen LogP contribution in [0.25, 0.3) is 10.8 Å². The number of fused-ring (bicyclic) bond motifs is 1. The maximum absolute atomic E-state index is 5.25. The molecule has 4 heteroatoms. The molecule has 1 aromatic heterocycles. The zero-order valence-corrected chi connectivity index (χ0v) is 12.3. The van der Waals surface area contributed by atoms with Crippen LogP contribution in [-0.4, -0.2) is 17.1 Å². The van der Waals surface area contributed by atoms with Crippen molar-refractivity contribution in [1.29, 1.82) is 0 Å². The van der Waals surface area contributed by atoms with Crippen LogP contribution in [-0.2, 0) is 6.54 Å². The Morgan fingerprint density at radius 3 is 2.76 bits per heavy atom. The van der Waals surface area contributed by atoms with Crippen LogP contribution in [0.3, 0.4) is 0 Å². The van der Waals surface area contributed by atoms with Gasteiger partial charge < -0.3 is 15.0 Å². The Bertz CT molecular complexity index is 722. The summed E-state index contributed by atoms with van der Waals surface area (Å²) in [4.78, 5) is 7.39. The number of aromatic nitrogens is 2. The molecule has 0 saturated carbocycles. The third-order valence-corrected chi connectivity index (χ3v) is 3.65. The summed E-state index contributed by atoms with van der Waals surface area (Å²) in [6, 6.07) is 12.8. The van der Waals surface area contributed by atoms with E-state index in [-0.39, 0.29) is 6.04 Å². The first-order chi connectivity index (χ1) is 10.3. The van der Waals surface area contributed by atoms with Crippen molar-refractivity contribution in [2.45, 2.75) is 19.5 Å². The first kappa shape index (κ1) is 13.6. The fourth-order valence-corrected chi connectivity index (χ4v) is 2.39. The van der Waals surface area contributed by atoms with E-state index in [1.165, 1.54) is 16.3 Å². The first-order valence-corrected chi connectivity index (χ1v) is 7.05. The van der Waals surface area contributed by atoms with Crippen molar-refractivity contribution in [1.82, 2.24) is 15.3 Å². The summed E-state index contributed by atoms with van der Waals surface area (Å²) in [5.41, 5.74) is 1.26. The van der Waals surface area contributed by atoms with Crippen LogP contribution < -0.4 is 10.1 Å². The van der Waals surface area contributed by atoms with Crippen LogP contribution in [0.5, 0.6) is 5.75 Å². The Kier molecular flexibility index (Phi) is 3.88. The smallest absolute Gasteiger partial charge is 0.122 e. The number of imidazole rings is 1. The lowest BCUT2D eigenvalue weighted by molar-refractivity contribution is 0.415. The van der Waals surface area contributed by atoms with E-state index in [0.717, 1.165) is 18.1 Å². The fourth-order valence-electron chi connectivity index (χ4n) is 2.39. The van der Waals surface area contributed by atoms with Crippen LogP contribution >= 0.6 is 0 Å². The Morgan fingerprint density at radius 1 is 1.19 bits per heavy atom. The van der Waals surface area contributed by atoms with Crippen molar-refractivity contribution in [2.24, 2.45) is 0 Å². The third kappa shape index (κ3) is 3.06. The largest absolute Gasteiger partial charge is 0.497 e. The van der Waals surface area contributed by atoms with Crippen molar-refractivity contribution >= 4 is 10.8 Å². The van der Waals surface area contributed by atoms with E-state index in [1.807, 2.05) is 12.3 Å². The van der Waals surface area contributed by atoms with Crippen LogP contribution in [0.15, 0.2) is 48.8 Å². The fraction of sp³-hybridized carbons (Fsp3) is 0.235. The first-order valence-electron chi connectivity index (χ1n) is 7.05. The van der Waals surface area contributed by atoms with E-state index >= 15 is 0 Å². The summed E-state index contributed by atoms with van der Waals surface area (Å²) in [5, 5.41) is 5.88. The highest BCUT2D eigenvalue weighted by Gasteiger charge is 2.07. The number of H-pyrrole nitrogens is 1. The second-order valence-electron chi connectivity index (χ2n) is 5.12. The zero-order valence-electron chi connectivity index (χ0n) is 12.3. The van der Waals surface area contributed by atoms with E-state index < -0.39 is 0 Å². The van der Waals surface area contributed by atoms with Gasteiger partial charge in [-0.1, -0.05) is 18.2 Å². The Labute approximate surface area is 124 Å². The molecule has 0 aliphatic rings.